The van der Waals surface area contributed by atoms with E-state index in [2.05, 4.69) is 35.3 Å². The molecule has 1 unspecified atom stereocenters. The van der Waals surface area contributed by atoms with Gasteiger partial charge in [-0.3, -0.25) is 0 Å². The van der Waals surface area contributed by atoms with E-state index < -0.39 is 0 Å². The van der Waals surface area contributed by atoms with Crippen molar-refractivity contribution in [2.75, 3.05) is 38.3 Å². The van der Waals surface area contributed by atoms with Gasteiger partial charge in [0, 0.05) is 43.4 Å². The van der Waals surface area contributed by atoms with E-state index in [1.54, 1.807) is 7.11 Å². The van der Waals surface area contributed by atoms with Gasteiger partial charge < -0.3 is 15.0 Å². The molecule has 1 aromatic carbocycles. The lowest BCUT2D eigenvalue weighted by molar-refractivity contribution is 0.161. The maximum Gasteiger partial charge on any atom is 0.0508 e. The lowest BCUT2D eigenvalue weighted by Crippen LogP contribution is -2.21. The zero-order chi connectivity index (χ0) is 13.7. The van der Waals surface area contributed by atoms with Crippen molar-refractivity contribution < 1.29 is 4.74 Å². The first-order valence-electron chi connectivity index (χ1n) is 6.97. The molecule has 1 N–H and O–H groups in total. The smallest absolute Gasteiger partial charge is 0.0508 e. The SMILES string of the molecule is CCNCc1ccc(N2CCC(COC)C2)cc1Cl. The van der Waals surface area contributed by atoms with Crippen LogP contribution in [0.4, 0.5) is 5.69 Å². The van der Waals surface area contributed by atoms with E-state index in [1.807, 2.05) is 0 Å². The first-order valence-corrected chi connectivity index (χ1v) is 7.35. The number of benzene rings is 1. The van der Waals surface area contributed by atoms with Gasteiger partial charge in [-0.15, -0.1) is 0 Å². The normalized spacial score (nSPS) is 19.1. The van der Waals surface area contributed by atoms with E-state index in [9.17, 15) is 0 Å². The summed E-state index contributed by atoms with van der Waals surface area (Å²) in [5.41, 5.74) is 2.39. The molecule has 106 valence electrons. The summed E-state index contributed by atoms with van der Waals surface area (Å²) in [5.74, 6) is 0.644. The molecule has 0 bridgehead atoms. The molecule has 1 fully saturated rings. The molecule has 3 nitrogen and oxygen atoms in total. The summed E-state index contributed by atoms with van der Waals surface area (Å²) in [6, 6.07) is 6.39. The number of nitrogens with zero attached hydrogens (tertiary/aromatic N) is 1. The molecule has 0 aromatic heterocycles. The quantitative estimate of drug-likeness (QED) is 0.868. The predicted molar refractivity (Wildman–Crippen MR) is 81.0 cm³/mol. The molecule has 1 atom stereocenters. The molecule has 0 saturated carbocycles. The van der Waals surface area contributed by atoms with Gasteiger partial charge in [-0.05, 0) is 30.7 Å². The number of ether oxygens (including phenoxy) is 1. The second kappa shape index (κ2) is 7.13. The van der Waals surface area contributed by atoms with Gasteiger partial charge in [0.05, 0.1) is 6.61 Å². The number of rotatable bonds is 6. The van der Waals surface area contributed by atoms with Crippen molar-refractivity contribution in [2.24, 2.45) is 5.92 Å². The highest BCUT2D eigenvalue weighted by Crippen LogP contribution is 2.28. The largest absolute Gasteiger partial charge is 0.384 e. The number of methoxy groups -OCH3 is 1. The topological polar surface area (TPSA) is 24.5 Å². The van der Waals surface area contributed by atoms with Crippen LogP contribution in [0.2, 0.25) is 5.02 Å². The van der Waals surface area contributed by atoms with Crippen LogP contribution in [0.1, 0.15) is 18.9 Å². The van der Waals surface area contributed by atoms with Gasteiger partial charge in [-0.1, -0.05) is 24.6 Å². The predicted octanol–water partition coefficient (Wildman–Crippen LogP) is 2.92. The van der Waals surface area contributed by atoms with E-state index in [0.29, 0.717) is 5.92 Å². The molecule has 4 heteroatoms. The second-order valence-corrected chi connectivity index (χ2v) is 5.52. The Kier molecular flexibility index (Phi) is 5.49. The maximum absolute atomic E-state index is 6.35. The summed E-state index contributed by atoms with van der Waals surface area (Å²) in [6.45, 7) is 6.91. The summed E-state index contributed by atoms with van der Waals surface area (Å²) < 4.78 is 5.24. The standard InChI is InChI=1S/C15H23ClN2O/c1-3-17-9-13-4-5-14(8-15(13)16)18-7-6-12(10-18)11-19-2/h4-5,8,12,17H,3,6-7,9-11H2,1-2H3. The van der Waals surface area contributed by atoms with Gasteiger partial charge in [0.2, 0.25) is 0 Å². The molecule has 0 amide bonds. The molecular weight excluding hydrogens is 260 g/mol. The molecular formula is C15H23ClN2O. The van der Waals surface area contributed by atoms with Gasteiger partial charge in [-0.25, -0.2) is 0 Å². The highest BCUT2D eigenvalue weighted by Gasteiger charge is 2.22. The lowest BCUT2D eigenvalue weighted by Gasteiger charge is -2.20. The fourth-order valence-corrected chi connectivity index (χ4v) is 2.82. The molecule has 1 aliphatic rings. The molecule has 0 aliphatic carbocycles. The Morgan fingerprint density at radius 2 is 2.32 bits per heavy atom. The average molecular weight is 283 g/mol. The molecule has 19 heavy (non-hydrogen) atoms. The van der Waals surface area contributed by atoms with Gasteiger partial charge in [0.25, 0.3) is 0 Å². The number of hydrogen-bond donors (Lipinski definition) is 1. The highest BCUT2D eigenvalue weighted by atomic mass is 35.5. The van der Waals surface area contributed by atoms with E-state index in [0.717, 1.165) is 37.8 Å². The highest BCUT2D eigenvalue weighted by molar-refractivity contribution is 6.31. The summed E-state index contributed by atoms with van der Waals surface area (Å²) in [7, 11) is 1.77. The van der Waals surface area contributed by atoms with Crippen LogP contribution in [0.3, 0.4) is 0 Å². The Morgan fingerprint density at radius 1 is 1.47 bits per heavy atom. The minimum absolute atomic E-state index is 0.644. The summed E-state index contributed by atoms with van der Waals surface area (Å²) in [4.78, 5) is 2.40. The fraction of sp³-hybridized carbons (Fsp3) is 0.600. The molecule has 0 radical (unpaired) electrons. The van der Waals surface area contributed by atoms with Crippen LogP contribution in [0, 0.1) is 5.92 Å². The van der Waals surface area contributed by atoms with Gasteiger partial charge >= 0.3 is 0 Å². The monoisotopic (exact) mass is 282 g/mol. The van der Waals surface area contributed by atoms with Gasteiger partial charge in [0.1, 0.15) is 0 Å². The van der Waals surface area contributed by atoms with Crippen molar-refractivity contribution in [3.63, 3.8) is 0 Å². The Balaban J connectivity index is 2.00. The number of anilines is 1. The van der Waals surface area contributed by atoms with Crippen molar-refractivity contribution in [3.8, 4) is 0 Å². The third-order valence-electron chi connectivity index (χ3n) is 3.66. The fourth-order valence-electron chi connectivity index (χ4n) is 2.57. The van der Waals surface area contributed by atoms with Crippen LogP contribution in [-0.2, 0) is 11.3 Å². The van der Waals surface area contributed by atoms with Crippen molar-refractivity contribution in [2.45, 2.75) is 19.9 Å². The van der Waals surface area contributed by atoms with Crippen LogP contribution in [0.15, 0.2) is 18.2 Å². The Bertz CT molecular complexity index is 411. The van der Waals surface area contributed by atoms with Gasteiger partial charge in [-0.2, -0.15) is 0 Å². The number of nitrogens with one attached hydrogen (secondary N) is 1. The van der Waals surface area contributed by atoms with E-state index in [4.69, 9.17) is 16.3 Å². The molecule has 2 rings (SSSR count). The molecule has 1 aromatic rings. The van der Waals surface area contributed by atoms with Crippen LogP contribution in [-0.4, -0.2) is 33.4 Å². The van der Waals surface area contributed by atoms with Crippen molar-refractivity contribution in [3.05, 3.63) is 28.8 Å². The number of halogens is 1. The Hall–Kier alpha value is -0.770. The summed E-state index contributed by atoms with van der Waals surface area (Å²) in [6.07, 6.45) is 1.20. The van der Waals surface area contributed by atoms with Crippen LogP contribution >= 0.6 is 11.6 Å². The zero-order valence-corrected chi connectivity index (χ0v) is 12.5. The first kappa shape index (κ1) is 14.6. The third kappa shape index (κ3) is 3.85. The van der Waals surface area contributed by atoms with Crippen molar-refractivity contribution in [1.82, 2.24) is 5.32 Å². The minimum atomic E-state index is 0.644. The van der Waals surface area contributed by atoms with Crippen molar-refractivity contribution >= 4 is 17.3 Å². The first-order chi connectivity index (χ1) is 9.24. The van der Waals surface area contributed by atoms with Crippen molar-refractivity contribution in [1.29, 1.82) is 0 Å². The lowest BCUT2D eigenvalue weighted by atomic mass is 10.1. The molecule has 1 heterocycles. The third-order valence-corrected chi connectivity index (χ3v) is 4.01. The van der Waals surface area contributed by atoms with Crippen LogP contribution in [0.25, 0.3) is 0 Å². The minimum Gasteiger partial charge on any atom is -0.384 e. The van der Waals surface area contributed by atoms with Gasteiger partial charge in [0.15, 0.2) is 0 Å². The van der Waals surface area contributed by atoms with E-state index >= 15 is 0 Å². The van der Waals surface area contributed by atoms with Crippen LogP contribution in [0.5, 0.6) is 0 Å². The average Bonchev–Trinajstić information content (AvgIpc) is 2.86. The summed E-state index contributed by atoms with van der Waals surface area (Å²) in [5, 5.41) is 4.16. The van der Waals surface area contributed by atoms with E-state index in [1.165, 1.54) is 17.7 Å². The Morgan fingerprint density at radius 3 is 3.00 bits per heavy atom. The number of hydrogen-bond acceptors (Lipinski definition) is 3. The zero-order valence-electron chi connectivity index (χ0n) is 11.8. The molecule has 0 spiro atoms. The van der Waals surface area contributed by atoms with Crippen LogP contribution < -0.4 is 10.2 Å². The molecule has 1 saturated heterocycles. The second-order valence-electron chi connectivity index (χ2n) is 5.11. The Labute approximate surface area is 120 Å². The molecule has 1 aliphatic heterocycles. The maximum atomic E-state index is 6.35. The van der Waals surface area contributed by atoms with E-state index in [-0.39, 0.29) is 0 Å². The summed E-state index contributed by atoms with van der Waals surface area (Å²) >= 11 is 6.35.